The predicted molar refractivity (Wildman–Crippen MR) is 85.0 cm³/mol. The van der Waals surface area contributed by atoms with E-state index in [1.807, 2.05) is 36.0 Å². The van der Waals surface area contributed by atoms with Crippen LogP contribution in [0, 0.1) is 0 Å². The van der Waals surface area contributed by atoms with Crippen molar-refractivity contribution in [2.45, 2.75) is 18.1 Å². The van der Waals surface area contributed by atoms with Gasteiger partial charge in [0.25, 0.3) is 0 Å². The summed E-state index contributed by atoms with van der Waals surface area (Å²) in [5.74, 6) is 2.53. The molecule has 2 aromatic heterocycles. The van der Waals surface area contributed by atoms with Gasteiger partial charge >= 0.3 is 0 Å². The van der Waals surface area contributed by atoms with Gasteiger partial charge in [-0.25, -0.2) is 9.97 Å². The lowest BCUT2D eigenvalue weighted by Gasteiger charge is -2.12. The van der Waals surface area contributed by atoms with Crippen LogP contribution in [0.3, 0.4) is 0 Å². The molecule has 5 heteroatoms. The fraction of sp³-hybridized carbons (Fsp3) is 0.250. The summed E-state index contributed by atoms with van der Waals surface area (Å²) < 4.78 is 2.12. The molecule has 1 saturated heterocycles. The molecule has 1 atom stereocenters. The average Bonchev–Trinajstić information content (AvgIpc) is 3.15. The Morgan fingerprint density at radius 1 is 1.19 bits per heavy atom. The Kier molecular flexibility index (Phi) is 3.07. The lowest BCUT2D eigenvalue weighted by Crippen LogP contribution is -2.04. The van der Waals surface area contributed by atoms with E-state index in [2.05, 4.69) is 9.55 Å². The van der Waals surface area contributed by atoms with Gasteiger partial charge in [0, 0.05) is 11.9 Å². The first-order valence-corrected chi connectivity index (χ1v) is 8.12. The molecule has 1 fully saturated rings. The molecule has 1 unspecified atom stereocenters. The van der Waals surface area contributed by atoms with Crippen LogP contribution in [0.1, 0.15) is 23.9 Å². The van der Waals surface area contributed by atoms with Gasteiger partial charge in [0.15, 0.2) is 5.65 Å². The van der Waals surface area contributed by atoms with Crippen molar-refractivity contribution in [3.8, 4) is 11.4 Å². The number of pyridine rings is 1. The zero-order valence-electron chi connectivity index (χ0n) is 11.4. The van der Waals surface area contributed by atoms with Gasteiger partial charge in [-0.3, -0.25) is 4.57 Å². The molecule has 3 aromatic rings. The van der Waals surface area contributed by atoms with Crippen LogP contribution in [-0.4, -0.2) is 25.4 Å². The van der Waals surface area contributed by atoms with Crippen LogP contribution in [-0.2, 0) is 0 Å². The van der Waals surface area contributed by atoms with Gasteiger partial charge in [-0.1, -0.05) is 0 Å². The third-order valence-electron chi connectivity index (χ3n) is 3.77. The van der Waals surface area contributed by atoms with E-state index in [4.69, 9.17) is 4.98 Å². The van der Waals surface area contributed by atoms with Gasteiger partial charge in [0.1, 0.15) is 17.1 Å². The topological polar surface area (TPSA) is 50.9 Å². The number of rotatable bonds is 2. The first kappa shape index (κ1) is 12.7. The van der Waals surface area contributed by atoms with E-state index in [1.165, 1.54) is 12.2 Å². The van der Waals surface area contributed by atoms with E-state index in [0.717, 1.165) is 29.1 Å². The quantitative estimate of drug-likeness (QED) is 0.783. The molecule has 4 rings (SSSR count). The Balaban J connectivity index is 1.95. The van der Waals surface area contributed by atoms with Gasteiger partial charge in [0.2, 0.25) is 0 Å². The van der Waals surface area contributed by atoms with E-state index >= 15 is 0 Å². The third-order valence-corrected chi connectivity index (χ3v) is 5.14. The van der Waals surface area contributed by atoms with Crippen molar-refractivity contribution in [2.24, 2.45) is 0 Å². The van der Waals surface area contributed by atoms with Gasteiger partial charge in [-0.05, 0) is 55.0 Å². The highest BCUT2D eigenvalue weighted by molar-refractivity contribution is 7.99. The van der Waals surface area contributed by atoms with Crippen molar-refractivity contribution >= 4 is 22.9 Å². The lowest BCUT2D eigenvalue weighted by atomic mass is 10.2. The predicted octanol–water partition coefficient (Wildman–Crippen LogP) is 3.69. The molecular weight excluding hydrogens is 282 g/mol. The van der Waals surface area contributed by atoms with Gasteiger partial charge in [0.05, 0.1) is 5.25 Å². The Labute approximate surface area is 126 Å². The Bertz CT molecular complexity index is 776. The van der Waals surface area contributed by atoms with Crippen molar-refractivity contribution in [3.63, 3.8) is 0 Å². The van der Waals surface area contributed by atoms with Crippen molar-refractivity contribution in [3.05, 3.63) is 48.4 Å². The van der Waals surface area contributed by atoms with Crippen LogP contribution in [0.15, 0.2) is 42.6 Å². The minimum atomic E-state index is 0.271. The minimum absolute atomic E-state index is 0.271. The van der Waals surface area contributed by atoms with Crippen molar-refractivity contribution in [1.29, 1.82) is 0 Å². The lowest BCUT2D eigenvalue weighted by molar-refractivity contribution is 0.475. The van der Waals surface area contributed by atoms with E-state index in [0.29, 0.717) is 5.25 Å². The highest BCUT2D eigenvalue weighted by atomic mass is 32.2. The number of imidazole rings is 1. The maximum absolute atomic E-state index is 9.50. The van der Waals surface area contributed by atoms with Crippen LogP contribution in [0.2, 0.25) is 0 Å². The normalized spacial score (nSPS) is 18.4. The highest BCUT2D eigenvalue weighted by Crippen LogP contribution is 2.41. The second-order valence-corrected chi connectivity index (χ2v) is 6.48. The average molecular weight is 297 g/mol. The number of benzene rings is 1. The summed E-state index contributed by atoms with van der Waals surface area (Å²) in [4.78, 5) is 9.31. The summed E-state index contributed by atoms with van der Waals surface area (Å²) in [5.41, 5.74) is 2.80. The molecule has 0 aliphatic carbocycles. The smallest absolute Gasteiger partial charge is 0.164 e. The van der Waals surface area contributed by atoms with E-state index in [1.54, 1.807) is 18.3 Å². The standard InChI is InChI=1S/C16H15N3OS/c20-12-7-5-11(6-8-12)19-15-13(3-1-9-17-15)18-16(19)14-4-2-10-21-14/h1,3,5-9,14,20H,2,4,10H2. The molecule has 3 heterocycles. The molecule has 1 N–H and O–H groups in total. The molecule has 0 saturated carbocycles. The minimum Gasteiger partial charge on any atom is -0.508 e. The number of aromatic nitrogens is 3. The first-order valence-electron chi connectivity index (χ1n) is 7.07. The molecule has 21 heavy (non-hydrogen) atoms. The fourth-order valence-corrected chi connectivity index (χ4v) is 4.04. The largest absolute Gasteiger partial charge is 0.508 e. The molecule has 1 aromatic carbocycles. The monoisotopic (exact) mass is 297 g/mol. The Morgan fingerprint density at radius 2 is 2.05 bits per heavy atom. The van der Waals surface area contributed by atoms with E-state index in [-0.39, 0.29) is 5.75 Å². The van der Waals surface area contributed by atoms with Crippen LogP contribution in [0.25, 0.3) is 16.9 Å². The summed E-state index contributed by atoms with van der Waals surface area (Å²) >= 11 is 1.96. The van der Waals surface area contributed by atoms with E-state index in [9.17, 15) is 5.11 Å². The summed E-state index contributed by atoms with van der Waals surface area (Å²) in [6.45, 7) is 0. The summed E-state index contributed by atoms with van der Waals surface area (Å²) in [6.07, 6.45) is 4.19. The molecule has 0 amide bonds. The van der Waals surface area contributed by atoms with Crippen molar-refractivity contribution in [2.75, 3.05) is 5.75 Å². The maximum atomic E-state index is 9.50. The second-order valence-electron chi connectivity index (χ2n) is 5.17. The number of nitrogens with zero attached hydrogens (tertiary/aromatic N) is 3. The molecule has 1 aliphatic rings. The number of hydrogen-bond donors (Lipinski definition) is 1. The van der Waals surface area contributed by atoms with Gasteiger partial charge < -0.3 is 5.11 Å². The zero-order chi connectivity index (χ0) is 14.2. The van der Waals surface area contributed by atoms with Crippen LogP contribution in [0.4, 0.5) is 0 Å². The van der Waals surface area contributed by atoms with Crippen molar-refractivity contribution < 1.29 is 5.11 Å². The number of aromatic hydroxyl groups is 1. The fourth-order valence-electron chi connectivity index (χ4n) is 2.78. The van der Waals surface area contributed by atoms with E-state index < -0.39 is 0 Å². The van der Waals surface area contributed by atoms with Gasteiger partial charge in [-0.2, -0.15) is 11.8 Å². The van der Waals surface area contributed by atoms with Crippen molar-refractivity contribution in [1.82, 2.24) is 14.5 Å². The third kappa shape index (κ3) is 2.17. The number of hydrogen-bond acceptors (Lipinski definition) is 4. The molecule has 0 spiro atoms. The Morgan fingerprint density at radius 3 is 2.81 bits per heavy atom. The van der Waals surface area contributed by atoms with Crippen LogP contribution >= 0.6 is 11.8 Å². The second kappa shape index (κ2) is 5.07. The molecule has 1 aliphatic heterocycles. The van der Waals surface area contributed by atoms with Crippen LogP contribution < -0.4 is 0 Å². The number of thioether (sulfide) groups is 1. The summed E-state index contributed by atoms with van der Waals surface area (Å²) in [5, 5.41) is 9.93. The molecular formula is C16H15N3OS. The number of phenols is 1. The number of fused-ring (bicyclic) bond motifs is 1. The molecule has 106 valence electrons. The molecule has 0 bridgehead atoms. The molecule has 0 radical (unpaired) electrons. The zero-order valence-corrected chi connectivity index (χ0v) is 12.3. The number of phenolic OH excluding ortho intramolecular Hbond substituents is 1. The highest BCUT2D eigenvalue weighted by Gasteiger charge is 2.25. The summed E-state index contributed by atoms with van der Waals surface area (Å²) in [7, 11) is 0. The molecule has 4 nitrogen and oxygen atoms in total. The summed E-state index contributed by atoms with van der Waals surface area (Å²) in [6, 6.07) is 11.2. The SMILES string of the molecule is Oc1ccc(-n2c(C3CCCS3)nc3cccnc32)cc1. The Hall–Kier alpha value is -2.01. The first-order chi connectivity index (χ1) is 10.3. The maximum Gasteiger partial charge on any atom is 0.164 e. The van der Waals surface area contributed by atoms with Crippen LogP contribution in [0.5, 0.6) is 5.75 Å². The van der Waals surface area contributed by atoms with Gasteiger partial charge in [-0.15, -0.1) is 0 Å².